The molecular formula is C12H15FO2S. The first kappa shape index (κ1) is 13.0. The van der Waals surface area contributed by atoms with Crippen LogP contribution in [0.5, 0.6) is 0 Å². The Balaban J connectivity index is 2.48. The van der Waals surface area contributed by atoms with Gasteiger partial charge in [-0.15, -0.1) is 11.8 Å². The van der Waals surface area contributed by atoms with E-state index in [1.165, 1.54) is 17.8 Å². The molecule has 0 aliphatic carbocycles. The zero-order valence-electron chi connectivity index (χ0n) is 9.37. The van der Waals surface area contributed by atoms with Gasteiger partial charge in [0, 0.05) is 4.90 Å². The highest BCUT2D eigenvalue weighted by atomic mass is 32.2. The average Bonchev–Trinajstić information content (AvgIpc) is 2.20. The van der Waals surface area contributed by atoms with Crippen molar-refractivity contribution in [2.24, 2.45) is 5.41 Å². The van der Waals surface area contributed by atoms with Gasteiger partial charge in [-0.25, -0.2) is 4.39 Å². The van der Waals surface area contributed by atoms with Crippen molar-refractivity contribution in [1.82, 2.24) is 0 Å². The molecule has 4 heteroatoms. The summed E-state index contributed by atoms with van der Waals surface area (Å²) in [5.74, 6) is -0.470. The van der Waals surface area contributed by atoms with Gasteiger partial charge < -0.3 is 5.11 Å². The Labute approximate surface area is 98.9 Å². The molecule has 0 atom stereocenters. The number of carbonyl (C=O) groups is 1. The minimum Gasteiger partial charge on any atom is -0.481 e. The van der Waals surface area contributed by atoms with Crippen LogP contribution >= 0.6 is 11.8 Å². The van der Waals surface area contributed by atoms with Gasteiger partial charge in [0.15, 0.2) is 0 Å². The molecule has 0 aromatic heterocycles. The van der Waals surface area contributed by atoms with Gasteiger partial charge in [0.05, 0.1) is 5.41 Å². The van der Waals surface area contributed by atoms with Gasteiger partial charge in [0.25, 0.3) is 0 Å². The summed E-state index contributed by atoms with van der Waals surface area (Å²) in [6.07, 6.45) is 0.515. The number of hydrogen-bond acceptors (Lipinski definition) is 2. The maximum atomic E-state index is 13.2. The Morgan fingerprint density at radius 1 is 1.44 bits per heavy atom. The van der Waals surface area contributed by atoms with Crippen LogP contribution in [-0.4, -0.2) is 16.8 Å². The normalized spacial score (nSPS) is 11.4. The Morgan fingerprint density at radius 3 is 2.62 bits per heavy atom. The molecule has 0 heterocycles. The molecule has 0 saturated heterocycles. The lowest BCUT2D eigenvalue weighted by Gasteiger charge is -2.18. The van der Waals surface area contributed by atoms with Gasteiger partial charge in [0.1, 0.15) is 5.82 Å². The quantitative estimate of drug-likeness (QED) is 0.804. The molecule has 1 aromatic rings. The number of aliphatic carboxylic acids is 1. The maximum absolute atomic E-state index is 13.2. The Morgan fingerprint density at radius 2 is 2.06 bits per heavy atom. The summed E-state index contributed by atoms with van der Waals surface area (Å²) in [6.45, 7) is 3.36. The number of carboxylic acids is 1. The van der Waals surface area contributed by atoms with Crippen LogP contribution in [0, 0.1) is 11.2 Å². The van der Waals surface area contributed by atoms with Gasteiger partial charge in [-0.1, -0.05) is 12.1 Å². The van der Waals surface area contributed by atoms with E-state index in [2.05, 4.69) is 0 Å². The maximum Gasteiger partial charge on any atom is 0.309 e. The lowest BCUT2D eigenvalue weighted by Crippen LogP contribution is -2.24. The monoisotopic (exact) mass is 242 g/mol. The first-order valence-electron chi connectivity index (χ1n) is 5.04. The third-order valence-corrected chi connectivity index (χ3v) is 3.45. The van der Waals surface area contributed by atoms with E-state index in [9.17, 15) is 9.18 Å². The summed E-state index contributed by atoms with van der Waals surface area (Å²) in [7, 11) is 0. The van der Waals surface area contributed by atoms with Gasteiger partial charge >= 0.3 is 5.97 Å². The number of benzene rings is 1. The number of halogens is 1. The molecule has 2 nitrogen and oxygen atoms in total. The number of thioether (sulfide) groups is 1. The molecular weight excluding hydrogens is 227 g/mol. The lowest BCUT2D eigenvalue weighted by molar-refractivity contribution is -0.146. The molecule has 1 rings (SSSR count). The van der Waals surface area contributed by atoms with E-state index in [0.717, 1.165) is 0 Å². The van der Waals surface area contributed by atoms with Crippen LogP contribution in [0.3, 0.4) is 0 Å². The van der Waals surface area contributed by atoms with Crippen LogP contribution in [0.25, 0.3) is 0 Å². The van der Waals surface area contributed by atoms with Crippen LogP contribution in [-0.2, 0) is 4.79 Å². The molecule has 0 fully saturated rings. The molecule has 0 amide bonds. The van der Waals surface area contributed by atoms with Crippen molar-refractivity contribution in [3.63, 3.8) is 0 Å². The highest BCUT2D eigenvalue weighted by Gasteiger charge is 2.26. The number of rotatable bonds is 5. The van der Waals surface area contributed by atoms with Crippen LogP contribution in [0.1, 0.15) is 20.3 Å². The topological polar surface area (TPSA) is 37.3 Å². The van der Waals surface area contributed by atoms with E-state index < -0.39 is 11.4 Å². The molecule has 0 bridgehead atoms. The Kier molecular flexibility index (Phi) is 4.35. The summed E-state index contributed by atoms with van der Waals surface area (Å²) in [5, 5.41) is 8.91. The summed E-state index contributed by atoms with van der Waals surface area (Å²) in [6, 6.07) is 6.52. The minimum absolute atomic E-state index is 0.249. The summed E-state index contributed by atoms with van der Waals surface area (Å²) in [4.78, 5) is 11.4. The van der Waals surface area contributed by atoms with Crippen molar-refractivity contribution in [2.45, 2.75) is 25.2 Å². The molecule has 0 saturated carbocycles. The predicted molar refractivity (Wildman–Crippen MR) is 63.2 cm³/mol. The first-order chi connectivity index (χ1) is 7.43. The molecule has 16 heavy (non-hydrogen) atoms. The van der Waals surface area contributed by atoms with E-state index in [-0.39, 0.29) is 5.82 Å². The second-order valence-corrected chi connectivity index (χ2v) is 5.35. The van der Waals surface area contributed by atoms with Crippen LogP contribution < -0.4 is 0 Å². The molecule has 0 spiro atoms. The van der Waals surface area contributed by atoms with Crippen molar-refractivity contribution in [3.8, 4) is 0 Å². The summed E-state index contributed by atoms with van der Waals surface area (Å²) in [5.41, 5.74) is -0.752. The standard InChI is InChI=1S/C12H15FO2S/c1-12(2,11(14)15)7-8-16-10-6-4-3-5-9(10)13/h3-6H,7-8H2,1-2H3,(H,14,15). The van der Waals surface area contributed by atoms with Crippen molar-refractivity contribution < 1.29 is 14.3 Å². The lowest BCUT2D eigenvalue weighted by atomic mass is 9.91. The molecule has 0 aliphatic rings. The van der Waals surface area contributed by atoms with E-state index in [1.54, 1.807) is 32.0 Å². The molecule has 1 aromatic carbocycles. The van der Waals surface area contributed by atoms with Gasteiger partial charge in [-0.05, 0) is 38.2 Å². The van der Waals surface area contributed by atoms with Crippen molar-refractivity contribution in [3.05, 3.63) is 30.1 Å². The van der Waals surface area contributed by atoms with Gasteiger partial charge in [-0.2, -0.15) is 0 Å². The molecule has 1 N–H and O–H groups in total. The summed E-state index contributed by atoms with van der Waals surface area (Å²) < 4.78 is 13.2. The van der Waals surface area contributed by atoms with E-state index in [1.807, 2.05) is 0 Å². The number of carboxylic acid groups (broad SMARTS) is 1. The highest BCUT2D eigenvalue weighted by molar-refractivity contribution is 7.99. The largest absolute Gasteiger partial charge is 0.481 e. The zero-order valence-corrected chi connectivity index (χ0v) is 10.2. The van der Waals surface area contributed by atoms with Gasteiger partial charge in [0.2, 0.25) is 0 Å². The second kappa shape index (κ2) is 5.34. The third-order valence-electron chi connectivity index (χ3n) is 2.40. The van der Waals surface area contributed by atoms with Crippen LogP contribution in [0.15, 0.2) is 29.2 Å². The molecule has 0 aliphatic heterocycles. The predicted octanol–water partition coefficient (Wildman–Crippen LogP) is 3.42. The SMILES string of the molecule is CC(C)(CCSc1ccccc1F)C(=O)O. The fourth-order valence-corrected chi connectivity index (χ4v) is 2.30. The minimum atomic E-state index is -0.818. The van der Waals surface area contributed by atoms with Crippen LogP contribution in [0.4, 0.5) is 4.39 Å². The van der Waals surface area contributed by atoms with E-state index in [4.69, 9.17) is 5.11 Å². The van der Waals surface area contributed by atoms with Gasteiger partial charge in [-0.3, -0.25) is 4.79 Å². The van der Waals surface area contributed by atoms with Crippen molar-refractivity contribution in [1.29, 1.82) is 0 Å². The van der Waals surface area contributed by atoms with E-state index in [0.29, 0.717) is 17.1 Å². The fraction of sp³-hybridized carbons (Fsp3) is 0.417. The van der Waals surface area contributed by atoms with Crippen molar-refractivity contribution in [2.75, 3.05) is 5.75 Å². The number of hydrogen-bond donors (Lipinski definition) is 1. The second-order valence-electron chi connectivity index (χ2n) is 4.22. The molecule has 0 radical (unpaired) electrons. The highest BCUT2D eigenvalue weighted by Crippen LogP contribution is 2.27. The Bertz CT molecular complexity index is 377. The summed E-state index contributed by atoms with van der Waals surface area (Å²) >= 11 is 1.35. The van der Waals surface area contributed by atoms with E-state index >= 15 is 0 Å². The molecule has 88 valence electrons. The Hall–Kier alpha value is -1.03. The van der Waals surface area contributed by atoms with Crippen LogP contribution in [0.2, 0.25) is 0 Å². The third kappa shape index (κ3) is 3.52. The molecule has 0 unspecified atom stereocenters. The zero-order chi connectivity index (χ0) is 12.2. The van der Waals surface area contributed by atoms with Crippen molar-refractivity contribution >= 4 is 17.7 Å². The average molecular weight is 242 g/mol. The fourth-order valence-electron chi connectivity index (χ4n) is 1.08. The first-order valence-corrected chi connectivity index (χ1v) is 6.03. The smallest absolute Gasteiger partial charge is 0.309 e.